The molecule has 0 saturated heterocycles. The largest absolute Gasteiger partial charge is 0.463 e. The highest BCUT2D eigenvalue weighted by Crippen LogP contribution is 2.22. The van der Waals surface area contributed by atoms with E-state index in [4.69, 9.17) is 4.74 Å². The lowest BCUT2D eigenvalue weighted by molar-refractivity contribution is 0.292. The number of hydrogen-bond acceptors (Lipinski definition) is 6. The van der Waals surface area contributed by atoms with Crippen molar-refractivity contribution in [2.45, 2.75) is 13.3 Å². The molecule has 1 heterocycles. The van der Waals surface area contributed by atoms with Crippen molar-refractivity contribution in [2.24, 2.45) is 0 Å². The number of ether oxygens (including phenoxy) is 1. The third-order valence-corrected chi connectivity index (χ3v) is 3.06. The molecule has 0 fully saturated rings. The predicted octanol–water partition coefficient (Wildman–Crippen LogP) is 3.35. The third kappa shape index (κ3) is 4.25. The Bertz CT molecular complexity index is 626. The van der Waals surface area contributed by atoms with Crippen molar-refractivity contribution >= 4 is 33.5 Å². The molecule has 0 radical (unpaired) electrons. The SMILES string of the molecule is CCCOc1nc(NC)nc(Nc2ccc(F)c(Br)c2)n1. The second-order valence-electron chi connectivity index (χ2n) is 4.12. The molecular weight excluding hydrogens is 341 g/mol. The zero-order valence-electron chi connectivity index (χ0n) is 11.7. The van der Waals surface area contributed by atoms with Gasteiger partial charge in [-0.05, 0) is 40.5 Å². The summed E-state index contributed by atoms with van der Waals surface area (Å²) < 4.78 is 19.0. The van der Waals surface area contributed by atoms with Gasteiger partial charge >= 0.3 is 6.01 Å². The molecular formula is C13H15BrFN5O. The van der Waals surface area contributed by atoms with Crippen molar-refractivity contribution in [3.05, 3.63) is 28.5 Å². The van der Waals surface area contributed by atoms with E-state index in [0.29, 0.717) is 28.7 Å². The van der Waals surface area contributed by atoms with Crippen molar-refractivity contribution in [1.29, 1.82) is 0 Å². The number of aromatic nitrogens is 3. The van der Waals surface area contributed by atoms with Gasteiger partial charge in [0.2, 0.25) is 11.9 Å². The Labute approximate surface area is 130 Å². The second kappa shape index (κ2) is 7.16. The summed E-state index contributed by atoms with van der Waals surface area (Å²) in [5, 5.41) is 5.82. The van der Waals surface area contributed by atoms with Crippen LogP contribution >= 0.6 is 15.9 Å². The standard InChI is InChI=1S/C13H15BrFN5O/c1-3-6-21-13-19-11(16-2)18-12(20-13)17-8-4-5-10(15)9(14)7-8/h4-5,7H,3,6H2,1-2H3,(H2,16,17,18,19,20). The number of nitrogens with zero attached hydrogens (tertiary/aromatic N) is 3. The Morgan fingerprint density at radius 1 is 1.24 bits per heavy atom. The Morgan fingerprint density at radius 2 is 2.00 bits per heavy atom. The molecule has 0 aliphatic heterocycles. The van der Waals surface area contributed by atoms with Crippen LogP contribution in [0.2, 0.25) is 0 Å². The van der Waals surface area contributed by atoms with Gasteiger partial charge < -0.3 is 15.4 Å². The van der Waals surface area contributed by atoms with E-state index in [1.807, 2.05) is 6.92 Å². The molecule has 0 unspecified atom stereocenters. The molecule has 0 spiro atoms. The van der Waals surface area contributed by atoms with Crippen molar-refractivity contribution in [3.63, 3.8) is 0 Å². The van der Waals surface area contributed by atoms with Crippen molar-refractivity contribution in [2.75, 3.05) is 24.3 Å². The molecule has 2 rings (SSSR count). The van der Waals surface area contributed by atoms with Crippen LogP contribution in [-0.4, -0.2) is 28.6 Å². The van der Waals surface area contributed by atoms with E-state index >= 15 is 0 Å². The molecule has 6 nitrogen and oxygen atoms in total. The molecule has 112 valence electrons. The quantitative estimate of drug-likeness (QED) is 0.827. The fraction of sp³-hybridized carbons (Fsp3) is 0.308. The molecule has 0 bridgehead atoms. The van der Waals surface area contributed by atoms with Gasteiger partial charge in [0.1, 0.15) is 5.82 Å². The summed E-state index contributed by atoms with van der Waals surface area (Å²) in [5.74, 6) is 0.373. The molecule has 1 aromatic carbocycles. The predicted molar refractivity (Wildman–Crippen MR) is 82.5 cm³/mol. The van der Waals surface area contributed by atoms with Crippen molar-refractivity contribution < 1.29 is 9.13 Å². The maximum absolute atomic E-state index is 13.2. The van der Waals surface area contributed by atoms with Crippen LogP contribution in [0.3, 0.4) is 0 Å². The summed E-state index contributed by atoms with van der Waals surface area (Å²) in [6, 6.07) is 4.78. The Balaban J connectivity index is 2.23. The highest BCUT2D eigenvalue weighted by molar-refractivity contribution is 9.10. The van der Waals surface area contributed by atoms with Crippen LogP contribution in [0.4, 0.5) is 22.0 Å². The van der Waals surface area contributed by atoms with E-state index in [9.17, 15) is 4.39 Å². The summed E-state index contributed by atoms with van der Waals surface area (Å²) >= 11 is 3.13. The summed E-state index contributed by atoms with van der Waals surface area (Å²) in [5.41, 5.74) is 0.651. The van der Waals surface area contributed by atoms with Crippen LogP contribution in [0.15, 0.2) is 22.7 Å². The highest BCUT2D eigenvalue weighted by atomic mass is 79.9. The number of halogens is 2. The van der Waals surface area contributed by atoms with E-state index < -0.39 is 0 Å². The molecule has 0 aliphatic rings. The first-order chi connectivity index (χ1) is 10.1. The maximum atomic E-state index is 13.2. The number of benzene rings is 1. The fourth-order valence-corrected chi connectivity index (χ4v) is 1.86. The normalized spacial score (nSPS) is 10.3. The minimum absolute atomic E-state index is 0.236. The van der Waals surface area contributed by atoms with Crippen LogP contribution in [0.1, 0.15) is 13.3 Å². The molecule has 21 heavy (non-hydrogen) atoms. The van der Waals surface area contributed by atoms with E-state index in [2.05, 4.69) is 41.5 Å². The van der Waals surface area contributed by atoms with Crippen LogP contribution < -0.4 is 15.4 Å². The molecule has 2 aromatic rings. The Hall–Kier alpha value is -1.96. The first-order valence-electron chi connectivity index (χ1n) is 6.41. The van der Waals surface area contributed by atoms with Gasteiger partial charge in [0.15, 0.2) is 0 Å². The molecule has 0 aliphatic carbocycles. The highest BCUT2D eigenvalue weighted by Gasteiger charge is 2.08. The van der Waals surface area contributed by atoms with E-state index in [0.717, 1.165) is 6.42 Å². The smallest absolute Gasteiger partial charge is 0.323 e. The fourth-order valence-electron chi connectivity index (χ4n) is 1.49. The van der Waals surface area contributed by atoms with Gasteiger partial charge in [-0.1, -0.05) is 6.92 Å². The molecule has 2 N–H and O–H groups in total. The van der Waals surface area contributed by atoms with Gasteiger partial charge in [-0.3, -0.25) is 0 Å². The zero-order valence-corrected chi connectivity index (χ0v) is 13.2. The van der Waals surface area contributed by atoms with E-state index in [1.54, 1.807) is 19.2 Å². The van der Waals surface area contributed by atoms with Crippen molar-refractivity contribution in [1.82, 2.24) is 15.0 Å². The number of nitrogens with one attached hydrogen (secondary N) is 2. The van der Waals surface area contributed by atoms with E-state index in [1.165, 1.54) is 6.07 Å². The van der Waals surface area contributed by atoms with Gasteiger partial charge in [0.25, 0.3) is 0 Å². The summed E-state index contributed by atoms with van der Waals surface area (Å²) in [4.78, 5) is 12.4. The maximum Gasteiger partial charge on any atom is 0.323 e. The summed E-state index contributed by atoms with van der Waals surface area (Å²) in [7, 11) is 1.71. The van der Waals surface area contributed by atoms with Gasteiger partial charge in [-0.2, -0.15) is 15.0 Å². The minimum Gasteiger partial charge on any atom is -0.463 e. The molecule has 0 atom stereocenters. The van der Waals surface area contributed by atoms with Crippen molar-refractivity contribution in [3.8, 4) is 6.01 Å². The van der Waals surface area contributed by atoms with Crippen LogP contribution in [0, 0.1) is 5.82 Å². The number of anilines is 3. The molecule has 8 heteroatoms. The lowest BCUT2D eigenvalue weighted by Crippen LogP contribution is -2.07. The lowest BCUT2D eigenvalue weighted by Gasteiger charge is -2.09. The first-order valence-corrected chi connectivity index (χ1v) is 7.20. The monoisotopic (exact) mass is 355 g/mol. The van der Waals surface area contributed by atoms with E-state index in [-0.39, 0.29) is 11.8 Å². The van der Waals surface area contributed by atoms with Gasteiger partial charge in [-0.15, -0.1) is 0 Å². The first kappa shape index (κ1) is 15.4. The zero-order chi connectivity index (χ0) is 15.2. The average Bonchev–Trinajstić information content (AvgIpc) is 2.48. The average molecular weight is 356 g/mol. The number of rotatable bonds is 6. The van der Waals surface area contributed by atoms with Gasteiger partial charge in [0, 0.05) is 12.7 Å². The third-order valence-electron chi connectivity index (χ3n) is 2.45. The van der Waals surface area contributed by atoms with Gasteiger partial charge in [-0.25, -0.2) is 4.39 Å². The molecule has 0 saturated carbocycles. The Morgan fingerprint density at radius 3 is 2.67 bits per heavy atom. The van der Waals surface area contributed by atoms with Crippen LogP contribution in [0.5, 0.6) is 6.01 Å². The number of hydrogen-bond donors (Lipinski definition) is 2. The minimum atomic E-state index is -0.334. The van der Waals surface area contributed by atoms with Crippen LogP contribution in [-0.2, 0) is 0 Å². The topological polar surface area (TPSA) is 72.0 Å². The second-order valence-corrected chi connectivity index (χ2v) is 4.97. The summed E-state index contributed by atoms with van der Waals surface area (Å²) in [6.45, 7) is 2.52. The molecule has 1 aromatic heterocycles. The summed E-state index contributed by atoms with van der Waals surface area (Å²) in [6.07, 6.45) is 0.855. The van der Waals surface area contributed by atoms with Gasteiger partial charge in [0.05, 0.1) is 11.1 Å². The lowest BCUT2D eigenvalue weighted by atomic mass is 10.3. The van der Waals surface area contributed by atoms with Crippen LogP contribution in [0.25, 0.3) is 0 Å². The Kier molecular flexibility index (Phi) is 5.26. The molecule has 0 amide bonds.